The molecule has 7 heteroatoms. The van der Waals surface area contributed by atoms with E-state index in [-0.39, 0.29) is 23.4 Å². The van der Waals surface area contributed by atoms with Crippen molar-refractivity contribution in [3.05, 3.63) is 11.6 Å². The molecule has 0 aromatic heterocycles. The lowest BCUT2D eigenvalue weighted by molar-refractivity contribution is 0.0807. The zero-order chi connectivity index (χ0) is 28.5. The number of rotatable bonds is 14. The first kappa shape index (κ1) is 34.3. The topological polar surface area (TPSA) is 40.2 Å². The van der Waals surface area contributed by atoms with Crippen molar-refractivity contribution in [2.24, 2.45) is 0 Å². The fourth-order valence-corrected chi connectivity index (χ4v) is 13.7. The van der Waals surface area contributed by atoms with Gasteiger partial charge in [-0.2, -0.15) is 0 Å². The van der Waals surface area contributed by atoms with Gasteiger partial charge in [-0.15, -0.1) is 0 Å². The van der Waals surface area contributed by atoms with Crippen molar-refractivity contribution in [1.82, 2.24) is 0 Å². The third-order valence-electron chi connectivity index (χ3n) is 8.61. The Hall–Kier alpha value is 0.231. The van der Waals surface area contributed by atoms with Crippen LogP contribution in [0.4, 0.5) is 0 Å². The van der Waals surface area contributed by atoms with Crippen molar-refractivity contribution < 1.29 is 18.0 Å². The Morgan fingerprint density at radius 1 is 0.917 bits per heavy atom. The molecule has 1 aliphatic heterocycles. The van der Waals surface area contributed by atoms with Crippen LogP contribution >= 0.6 is 0 Å². The van der Waals surface area contributed by atoms with E-state index < -0.39 is 30.6 Å². The summed E-state index contributed by atoms with van der Waals surface area (Å²) < 4.78 is 27.7. The summed E-state index contributed by atoms with van der Waals surface area (Å²) in [5, 5.41) is 0.117. The SMILES string of the molecule is CC/C=C(\C)[C@H](O[Si](C)(C)C)[C@]1(C)O[C@H]1[C@@H](CO[Si](C(C)C)(C(C)C)C(C)C)O[Si](C)(C)C(C)(C)C. The van der Waals surface area contributed by atoms with Gasteiger partial charge in [-0.25, -0.2) is 0 Å². The molecule has 1 saturated heterocycles. The monoisotopic (exact) mass is 558 g/mol. The van der Waals surface area contributed by atoms with Gasteiger partial charge in [-0.05, 0) is 80.2 Å². The molecule has 4 nitrogen and oxygen atoms in total. The molecular formula is C29H62O4Si3. The van der Waals surface area contributed by atoms with Crippen molar-refractivity contribution in [3.63, 3.8) is 0 Å². The fraction of sp³-hybridized carbons (Fsp3) is 0.931. The predicted octanol–water partition coefficient (Wildman–Crippen LogP) is 9.30. The molecule has 0 unspecified atom stereocenters. The second-order valence-electron chi connectivity index (χ2n) is 14.7. The van der Waals surface area contributed by atoms with Crippen LogP contribution in [0.2, 0.25) is 54.4 Å². The zero-order valence-electron chi connectivity index (χ0n) is 27.1. The molecule has 4 atom stereocenters. The summed E-state index contributed by atoms with van der Waals surface area (Å²) in [6.07, 6.45) is 3.11. The molecule has 0 radical (unpaired) electrons. The lowest BCUT2D eigenvalue weighted by Crippen LogP contribution is -2.53. The van der Waals surface area contributed by atoms with Crippen LogP contribution in [0.5, 0.6) is 0 Å². The van der Waals surface area contributed by atoms with Crippen LogP contribution in [-0.4, -0.2) is 55.5 Å². The molecule has 0 N–H and O–H groups in total. The maximum absolute atomic E-state index is 7.13. The van der Waals surface area contributed by atoms with Gasteiger partial charge in [-0.3, -0.25) is 0 Å². The highest BCUT2D eigenvalue weighted by Crippen LogP contribution is 2.50. The molecule has 0 bridgehead atoms. The number of hydrogen-bond acceptors (Lipinski definition) is 4. The van der Waals surface area contributed by atoms with Crippen molar-refractivity contribution in [1.29, 1.82) is 0 Å². The largest absolute Gasteiger partial charge is 0.413 e. The first-order chi connectivity index (χ1) is 16.1. The average molecular weight is 559 g/mol. The Labute approximate surface area is 228 Å². The van der Waals surface area contributed by atoms with Gasteiger partial charge >= 0.3 is 0 Å². The van der Waals surface area contributed by atoms with Crippen LogP contribution in [0, 0.1) is 0 Å². The summed E-state index contributed by atoms with van der Waals surface area (Å²) in [5.41, 5.74) is 2.48. The van der Waals surface area contributed by atoms with Crippen LogP contribution in [0.3, 0.4) is 0 Å². The van der Waals surface area contributed by atoms with Gasteiger partial charge in [0.25, 0.3) is 0 Å². The Morgan fingerprint density at radius 2 is 1.39 bits per heavy atom. The highest BCUT2D eigenvalue weighted by atomic mass is 28.4. The summed E-state index contributed by atoms with van der Waals surface area (Å²) in [6.45, 7) is 39.7. The first-order valence-corrected chi connectivity index (χ1v) is 22.9. The van der Waals surface area contributed by atoms with Crippen LogP contribution in [0.15, 0.2) is 11.6 Å². The van der Waals surface area contributed by atoms with Gasteiger partial charge < -0.3 is 18.0 Å². The normalized spacial score (nSPS) is 24.1. The van der Waals surface area contributed by atoms with Crippen molar-refractivity contribution in [2.45, 2.75) is 168 Å². The molecule has 214 valence electrons. The molecule has 1 aliphatic rings. The second kappa shape index (κ2) is 12.2. The maximum atomic E-state index is 7.13. The molecule has 1 fully saturated rings. The predicted molar refractivity (Wildman–Crippen MR) is 165 cm³/mol. The summed E-state index contributed by atoms with van der Waals surface area (Å²) >= 11 is 0. The third kappa shape index (κ3) is 7.89. The Kier molecular flexibility index (Phi) is 11.6. The minimum Gasteiger partial charge on any atom is -0.413 e. The lowest BCUT2D eigenvalue weighted by atomic mass is 9.92. The molecule has 0 amide bonds. The first-order valence-electron chi connectivity index (χ1n) is 14.4. The highest BCUT2D eigenvalue weighted by molar-refractivity contribution is 6.77. The minimum absolute atomic E-state index is 0.0358. The fourth-order valence-electron chi connectivity index (χ4n) is 5.81. The van der Waals surface area contributed by atoms with E-state index in [4.69, 9.17) is 18.0 Å². The number of ether oxygens (including phenoxy) is 1. The van der Waals surface area contributed by atoms with E-state index in [1.165, 1.54) is 5.57 Å². The zero-order valence-corrected chi connectivity index (χ0v) is 30.1. The summed E-state index contributed by atoms with van der Waals surface area (Å²) in [6, 6.07) is 0. The molecule has 0 spiro atoms. The minimum atomic E-state index is -2.05. The van der Waals surface area contributed by atoms with Crippen molar-refractivity contribution >= 4 is 25.0 Å². The van der Waals surface area contributed by atoms with Crippen LogP contribution in [-0.2, 0) is 18.0 Å². The maximum Gasteiger partial charge on any atom is 0.200 e. The smallest absolute Gasteiger partial charge is 0.200 e. The second-order valence-corrected chi connectivity index (χ2v) is 29.4. The number of epoxide rings is 1. The molecule has 0 aromatic carbocycles. The quantitative estimate of drug-likeness (QED) is 0.121. The van der Waals surface area contributed by atoms with Gasteiger partial charge in [-0.1, -0.05) is 75.3 Å². The van der Waals surface area contributed by atoms with Gasteiger partial charge in [0.15, 0.2) is 25.0 Å². The van der Waals surface area contributed by atoms with Crippen molar-refractivity contribution in [2.75, 3.05) is 6.61 Å². The van der Waals surface area contributed by atoms with Crippen LogP contribution < -0.4 is 0 Å². The van der Waals surface area contributed by atoms with Gasteiger partial charge in [0.05, 0.1) is 18.8 Å². The molecule has 0 aromatic rings. The van der Waals surface area contributed by atoms with Crippen LogP contribution in [0.1, 0.15) is 89.5 Å². The summed E-state index contributed by atoms with van der Waals surface area (Å²) in [5.74, 6) is 0. The van der Waals surface area contributed by atoms with E-state index in [0.29, 0.717) is 23.2 Å². The highest BCUT2D eigenvalue weighted by Gasteiger charge is 2.64. The van der Waals surface area contributed by atoms with Crippen LogP contribution in [0.25, 0.3) is 0 Å². The molecular weight excluding hydrogens is 497 g/mol. The summed E-state index contributed by atoms with van der Waals surface area (Å²) in [4.78, 5) is 0. The Bertz CT molecular complexity index is 712. The van der Waals surface area contributed by atoms with E-state index in [9.17, 15) is 0 Å². The van der Waals surface area contributed by atoms with E-state index in [2.05, 4.69) is 122 Å². The van der Waals surface area contributed by atoms with E-state index >= 15 is 0 Å². The van der Waals surface area contributed by atoms with E-state index in [0.717, 1.165) is 6.42 Å². The summed E-state index contributed by atoms with van der Waals surface area (Å²) in [7, 11) is -5.87. The van der Waals surface area contributed by atoms with E-state index in [1.807, 2.05) is 0 Å². The molecule has 1 heterocycles. The molecule has 1 rings (SSSR count). The molecule has 36 heavy (non-hydrogen) atoms. The lowest BCUT2D eigenvalue weighted by Gasteiger charge is -2.44. The molecule has 0 saturated carbocycles. The third-order valence-corrected chi connectivity index (χ3v) is 20.1. The van der Waals surface area contributed by atoms with E-state index in [1.54, 1.807) is 0 Å². The Morgan fingerprint density at radius 3 is 1.75 bits per heavy atom. The standard InChI is InChI=1S/C29H62O4Si3/c1-18-19-24(8)26(33-34(13,14)15)29(12)27(31-29)25(32-35(16,17)28(9,10)11)20-30-36(21(2)3,22(4)5)23(6)7/h19,21-23,25-27H,18,20H2,1-17H3/b24-19+/t25-,26+,27+,29+/m1/s1. The number of allylic oxidation sites excluding steroid dienone is 1. The van der Waals surface area contributed by atoms with Gasteiger partial charge in [0, 0.05) is 0 Å². The Balaban J connectivity index is 3.43. The van der Waals surface area contributed by atoms with Gasteiger partial charge in [0.2, 0.25) is 0 Å². The average Bonchev–Trinajstić information content (AvgIpc) is 3.35. The molecule has 0 aliphatic carbocycles. The van der Waals surface area contributed by atoms with Gasteiger partial charge in [0.1, 0.15) is 11.7 Å². The van der Waals surface area contributed by atoms with Crippen molar-refractivity contribution in [3.8, 4) is 0 Å². The number of hydrogen-bond donors (Lipinski definition) is 0.